The smallest absolute Gasteiger partial charge is 0.325 e. The summed E-state index contributed by atoms with van der Waals surface area (Å²) in [5, 5.41) is 0. The second-order valence-corrected chi connectivity index (χ2v) is 6.31. The molecule has 0 saturated heterocycles. The van der Waals surface area contributed by atoms with Crippen LogP contribution in [0.3, 0.4) is 0 Å². The summed E-state index contributed by atoms with van der Waals surface area (Å²) in [6.45, 7) is 2.48. The lowest BCUT2D eigenvalue weighted by molar-refractivity contribution is -0.145. The van der Waals surface area contributed by atoms with E-state index < -0.39 is 5.97 Å². The maximum atomic E-state index is 12.0. The highest BCUT2D eigenvalue weighted by atomic mass is 79.9. The van der Waals surface area contributed by atoms with Crippen LogP contribution in [0.2, 0.25) is 0 Å². The van der Waals surface area contributed by atoms with E-state index in [-0.39, 0.29) is 12.5 Å². The Hall–Kier alpha value is -1.14. The molecule has 0 N–H and O–H groups in total. The van der Waals surface area contributed by atoms with Gasteiger partial charge in [-0.25, -0.2) is 0 Å². The summed E-state index contributed by atoms with van der Waals surface area (Å²) in [6.07, 6.45) is 4.02. The van der Waals surface area contributed by atoms with Gasteiger partial charge in [-0.2, -0.15) is 0 Å². The van der Waals surface area contributed by atoms with Gasteiger partial charge in [0.05, 0.1) is 10.9 Å². The van der Waals surface area contributed by atoms with E-state index in [0.717, 1.165) is 15.1 Å². The van der Waals surface area contributed by atoms with Gasteiger partial charge in [-0.15, -0.1) is 11.3 Å². The first-order chi connectivity index (χ1) is 9.06. The Morgan fingerprint density at radius 3 is 2.74 bits per heavy atom. The van der Waals surface area contributed by atoms with Gasteiger partial charge in [-0.05, 0) is 40.6 Å². The van der Waals surface area contributed by atoms with Crippen LogP contribution in [-0.2, 0) is 14.3 Å². The van der Waals surface area contributed by atoms with E-state index in [4.69, 9.17) is 0 Å². The van der Waals surface area contributed by atoms with E-state index in [1.54, 1.807) is 17.4 Å². The number of esters is 1. The van der Waals surface area contributed by atoms with Crippen LogP contribution >= 0.6 is 27.3 Å². The number of hydrogen-bond acceptors (Lipinski definition) is 4. The number of carbonyl (C=O) groups is 2. The minimum Gasteiger partial charge on any atom is -0.468 e. The van der Waals surface area contributed by atoms with Gasteiger partial charge < -0.3 is 9.64 Å². The molecule has 0 unspecified atom stereocenters. The molecule has 6 heteroatoms. The van der Waals surface area contributed by atoms with Crippen molar-refractivity contribution in [1.82, 2.24) is 4.90 Å². The molecule has 1 aromatic rings. The van der Waals surface area contributed by atoms with Crippen molar-refractivity contribution in [3.05, 3.63) is 26.9 Å². The Morgan fingerprint density at radius 2 is 2.21 bits per heavy atom. The summed E-state index contributed by atoms with van der Waals surface area (Å²) in [5.74, 6) is -0.592. The Morgan fingerprint density at radius 1 is 1.47 bits per heavy atom. The Kier molecular flexibility index (Phi) is 6.80. The molecule has 0 aliphatic heterocycles. The predicted octanol–water partition coefficient (Wildman–Crippen LogP) is 2.94. The molecule has 0 bridgehead atoms. The van der Waals surface area contributed by atoms with E-state index in [9.17, 15) is 9.59 Å². The number of hydrogen-bond donors (Lipinski definition) is 0. The molecular weight excluding hydrogens is 330 g/mol. The quantitative estimate of drug-likeness (QED) is 0.588. The van der Waals surface area contributed by atoms with Crippen LogP contribution in [0.5, 0.6) is 0 Å². The molecule has 104 valence electrons. The zero-order valence-electron chi connectivity index (χ0n) is 10.9. The number of nitrogens with zero attached hydrogens (tertiary/aromatic N) is 1. The summed E-state index contributed by atoms with van der Waals surface area (Å²) in [4.78, 5) is 25.7. The van der Waals surface area contributed by atoms with Crippen molar-refractivity contribution in [3.8, 4) is 0 Å². The number of carbonyl (C=O) groups excluding carboxylic acids is 2. The number of thiophene rings is 1. The first-order valence-corrected chi connectivity index (χ1v) is 7.47. The number of methoxy groups -OCH3 is 1. The lowest BCUT2D eigenvalue weighted by Crippen LogP contribution is -2.35. The fourth-order valence-corrected chi connectivity index (χ4v) is 2.76. The molecule has 0 aromatic carbocycles. The van der Waals surface area contributed by atoms with Crippen molar-refractivity contribution in [2.24, 2.45) is 0 Å². The number of ether oxygens (including phenoxy) is 1. The molecular formula is C13H16BrNO3S. The van der Waals surface area contributed by atoms with Crippen molar-refractivity contribution in [2.75, 3.05) is 20.2 Å². The average Bonchev–Trinajstić information content (AvgIpc) is 2.81. The second kappa shape index (κ2) is 8.12. The molecule has 1 aromatic heterocycles. The monoisotopic (exact) mass is 345 g/mol. The third kappa shape index (κ3) is 5.57. The van der Waals surface area contributed by atoms with Crippen LogP contribution in [0.15, 0.2) is 22.0 Å². The van der Waals surface area contributed by atoms with Crippen molar-refractivity contribution < 1.29 is 14.3 Å². The largest absolute Gasteiger partial charge is 0.468 e. The second-order valence-electron chi connectivity index (χ2n) is 3.81. The van der Waals surface area contributed by atoms with Crippen LogP contribution in [0.4, 0.5) is 0 Å². The molecule has 0 atom stereocenters. The number of rotatable bonds is 6. The van der Waals surface area contributed by atoms with E-state index in [0.29, 0.717) is 6.54 Å². The Balaban J connectivity index is 2.65. The summed E-state index contributed by atoms with van der Waals surface area (Å²) in [6, 6.07) is 3.84. The zero-order valence-corrected chi connectivity index (χ0v) is 13.3. The van der Waals surface area contributed by atoms with Crippen molar-refractivity contribution in [3.63, 3.8) is 0 Å². The minimum atomic E-state index is -0.408. The predicted molar refractivity (Wildman–Crippen MR) is 79.9 cm³/mol. The van der Waals surface area contributed by atoms with Gasteiger partial charge in [0.2, 0.25) is 5.91 Å². The fraction of sp³-hybridized carbons (Fsp3) is 0.385. The van der Waals surface area contributed by atoms with Gasteiger partial charge >= 0.3 is 5.97 Å². The topological polar surface area (TPSA) is 46.6 Å². The molecule has 0 radical (unpaired) electrons. The lowest BCUT2D eigenvalue weighted by Gasteiger charge is -2.18. The van der Waals surface area contributed by atoms with Crippen molar-refractivity contribution >= 4 is 45.2 Å². The van der Waals surface area contributed by atoms with E-state index in [1.165, 1.54) is 18.1 Å². The standard InChI is InChI=1S/C13H16BrNO3S/c1-3-8-15(9-13(17)18-2)12(16)7-5-10-4-6-11(14)19-10/h4-7H,3,8-9H2,1-2H3. The maximum absolute atomic E-state index is 12.0. The Labute approximate surface area is 125 Å². The highest BCUT2D eigenvalue weighted by Crippen LogP contribution is 2.23. The van der Waals surface area contributed by atoms with Crippen molar-refractivity contribution in [1.29, 1.82) is 0 Å². The Bertz CT molecular complexity index is 470. The third-order valence-electron chi connectivity index (χ3n) is 2.34. The van der Waals surface area contributed by atoms with Crippen LogP contribution in [0, 0.1) is 0 Å². The number of halogens is 1. The number of amides is 1. The molecule has 1 rings (SSSR count). The van der Waals surface area contributed by atoms with Gasteiger partial charge in [-0.3, -0.25) is 9.59 Å². The zero-order chi connectivity index (χ0) is 14.3. The summed E-state index contributed by atoms with van der Waals surface area (Å²) < 4.78 is 5.60. The first kappa shape index (κ1) is 15.9. The molecule has 19 heavy (non-hydrogen) atoms. The van der Waals surface area contributed by atoms with E-state index in [2.05, 4.69) is 20.7 Å². The first-order valence-electron chi connectivity index (χ1n) is 5.86. The van der Waals surface area contributed by atoms with Gasteiger partial charge in [-0.1, -0.05) is 6.92 Å². The highest BCUT2D eigenvalue weighted by molar-refractivity contribution is 9.11. The molecule has 1 heterocycles. The van der Waals surface area contributed by atoms with Crippen LogP contribution in [-0.4, -0.2) is 37.0 Å². The SMILES string of the molecule is CCCN(CC(=O)OC)C(=O)C=Cc1ccc(Br)s1. The van der Waals surface area contributed by atoms with Gasteiger partial charge in [0, 0.05) is 17.5 Å². The fourth-order valence-electron chi connectivity index (χ4n) is 1.43. The molecule has 0 aliphatic rings. The normalized spacial score (nSPS) is 10.7. The maximum Gasteiger partial charge on any atom is 0.325 e. The van der Waals surface area contributed by atoms with Crippen molar-refractivity contribution in [2.45, 2.75) is 13.3 Å². The molecule has 1 amide bonds. The van der Waals surface area contributed by atoms with Gasteiger partial charge in [0.15, 0.2) is 0 Å². The summed E-state index contributed by atoms with van der Waals surface area (Å²) >= 11 is 4.90. The molecule has 0 spiro atoms. The van der Waals surface area contributed by atoms with Crippen LogP contribution in [0.25, 0.3) is 6.08 Å². The third-order valence-corrected chi connectivity index (χ3v) is 3.93. The van der Waals surface area contributed by atoms with E-state index in [1.807, 2.05) is 19.1 Å². The summed E-state index contributed by atoms with van der Waals surface area (Å²) in [7, 11) is 1.32. The minimum absolute atomic E-state index is 0.0123. The molecule has 0 fully saturated rings. The molecule has 0 aliphatic carbocycles. The summed E-state index contributed by atoms with van der Waals surface area (Å²) in [5.41, 5.74) is 0. The van der Waals surface area contributed by atoms with Gasteiger partial charge in [0.25, 0.3) is 0 Å². The van der Waals surface area contributed by atoms with Crippen LogP contribution in [0.1, 0.15) is 18.2 Å². The highest BCUT2D eigenvalue weighted by Gasteiger charge is 2.14. The lowest BCUT2D eigenvalue weighted by atomic mass is 10.3. The average molecular weight is 346 g/mol. The van der Waals surface area contributed by atoms with Crippen LogP contribution < -0.4 is 0 Å². The molecule has 0 saturated carbocycles. The van der Waals surface area contributed by atoms with E-state index >= 15 is 0 Å². The molecule has 4 nitrogen and oxygen atoms in total. The van der Waals surface area contributed by atoms with Gasteiger partial charge in [0.1, 0.15) is 6.54 Å².